The van der Waals surface area contributed by atoms with Crippen molar-refractivity contribution in [2.45, 2.75) is 319 Å². The number of hydrogen-bond acceptors (Lipinski definition) is 23. The fraction of sp³-hybridized carbons (Fsp3) is 0.643. The lowest BCUT2D eigenvalue weighted by atomic mass is 9.83. The van der Waals surface area contributed by atoms with Gasteiger partial charge >= 0.3 is 18.2 Å². The number of aliphatic carboxylic acids is 1. The second-order valence-corrected chi connectivity index (χ2v) is 44.2. The molecule has 2 aromatic heterocycles. The number of rotatable bonds is 50. The zero-order chi connectivity index (χ0) is 107. The normalized spacial score (nSPS) is 17.3. The van der Waals surface area contributed by atoms with Crippen LogP contribution in [-0.2, 0) is 92.5 Å². The number of nitrogens with one attached hydrogen (secondary N) is 2. The van der Waals surface area contributed by atoms with Crippen LogP contribution in [0.15, 0.2) is 132 Å². The Hall–Kier alpha value is -9.64. The smallest absolute Gasteiger partial charge is 0.414 e. The quantitative estimate of drug-likeness (QED) is 0.0276. The fourth-order valence-corrected chi connectivity index (χ4v) is 20.9. The number of ketones is 1. The van der Waals surface area contributed by atoms with Gasteiger partial charge in [-0.2, -0.15) is 0 Å². The van der Waals surface area contributed by atoms with Gasteiger partial charge in [0.05, 0.1) is 97.4 Å². The molecule has 0 radical (unpaired) electrons. The summed E-state index contributed by atoms with van der Waals surface area (Å²) in [5, 5.41) is 21.3. The van der Waals surface area contributed by atoms with Gasteiger partial charge in [-0.05, 0) is 189 Å². The molecule has 144 heavy (non-hydrogen) atoms. The Morgan fingerprint density at radius 1 is 0.479 bits per heavy atom. The number of amides is 8. The molecule has 32 heteroatoms. The Kier molecular flexibility index (Phi) is 52.0. The van der Waals surface area contributed by atoms with Gasteiger partial charge in [-0.1, -0.05) is 202 Å². The van der Waals surface area contributed by atoms with E-state index >= 15 is 0 Å². The molecule has 2 aliphatic rings. The molecule has 2 aliphatic heterocycles. The summed E-state index contributed by atoms with van der Waals surface area (Å²) in [4.78, 5) is 158. The van der Waals surface area contributed by atoms with Gasteiger partial charge in [0.2, 0.25) is 35.4 Å². The minimum atomic E-state index is -0.795. The van der Waals surface area contributed by atoms with Crippen LogP contribution in [-0.4, -0.2) is 279 Å². The number of likely N-dealkylation sites (N-methyl/N-ethyl adjacent to an activating group) is 4. The highest BCUT2D eigenvalue weighted by Crippen LogP contribution is 2.36. The van der Waals surface area contributed by atoms with Gasteiger partial charge in [0, 0.05) is 130 Å². The van der Waals surface area contributed by atoms with Crippen molar-refractivity contribution in [3.63, 3.8) is 0 Å². The molecule has 0 aliphatic carbocycles. The van der Waals surface area contributed by atoms with Crippen LogP contribution in [0.25, 0.3) is 0 Å². The molecule has 5 N–H and O–H groups in total. The Morgan fingerprint density at radius 3 is 1.15 bits per heavy atom. The average molecular weight is 2040 g/mol. The molecule has 2 saturated heterocycles. The Labute approximate surface area is 869 Å². The van der Waals surface area contributed by atoms with E-state index in [9.17, 15) is 53.1 Å². The van der Waals surface area contributed by atoms with E-state index in [0.29, 0.717) is 51.9 Å². The Morgan fingerprint density at radius 2 is 0.840 bits per heavy atom. The number of hydrogen-bond donors (Lipinski definition) is 4. The third kappa shape index (κ3) is 37.0. The molecular formula is C112H177N13O17S2. The van der Waals surface area contributed by atoms with E-state index in [1.165, 1.54) is 32.5 Å². The van der Waals surface area contributed by atoms with Crippen LogP contribution >= 0.6 is 22.7 Å². The third-order valence-electron chi connectivity index (χ3n) is 28.0. The third-order valence-corrected chi connectivity index (χ3v) is 29.8. The first kappa shape index (κ1) is 125. The van der Waals surface area contributed by atoms with E-state index in [0.717, 1.165) is 82.2 Å². The van der Waals surface area contributed by atoms with E-state index in [2.05, 4.69) is 53.2 Å². The van der Waals surface area contributed by atoms with Gasteiger partial charge in [-0.15, -0.1) is 22.7 Å². The van der Waals surface area contributed by atoms with Crippen LogP contribution in [0.1, 0.15) is 248 Å². The standard InChI is InChI=1S/C56H86N6O8S.C35H55N5O5S.C20H32N2O4.CH4/c1-16-38(6)50(47(68-14)35-48(64)62-30-20-23-45(62)51(69-15)39(7)52(65)58-44(53-57-29-32-71-53)33-41-21-18-17-19-22-41)61(13)54(66)43(36(2)3)34-46(63)49(37(4)5)59(11)31-28-40-24-26-42(27-25-40)60(12)55(67)70-56(8,9)10;1-9-23(4)31(39(6)35(43)30(36)22(2)3)28(44-7)21-29(41)40-18-13-16-27(40)32(45-8)24(5)33(42)38-26(34-37-17-19-46-34)20-25-14-11-10-12-15-25;1-14(2)17(18(23)24)21(6)13-12-15-8-10-16(11-9-15)22(7)19(25)26-20(3,4)5;/h17-19,21-22,24-27,29,32,36-39,43-45,47,49-51H,16,20,23,28,30-31,33-35H2,1-15H3,(H,58,65);10-12,14-15,17,19,22-24,26-28,30-32H,9,13,16,18,20-21,36H2,1-8H3,(H,38,42);8-11,14,17H,12-13H2,1-7H3,(H,23,24);1H4/t38-,39+,43-,44-,45-,47+,49-,50-,51+;23-,24+,26-,27-,28+,30-,31-,32+;17-;/m000./s1. The second kappa shape index (κ2) is 60.0. The van der Waals surface area contributed by atoms with Gasteiger partial charge in [0.25, 0.3) is 0 Å². The largest absolute Gasteiger partial charge is 0.480 e. The van der Waals surface area contributed by atoms with Gasteiger partial charge in [-0.3, -0.25) is 58.0 Å². The van der Waals surface area contributed by atoms with Crippen LogP contribution in [0, 0.1) is 53.3 Å². The van der Waals surface area contributed by atoms with Crippen LogP contribution in [0.4, 0.5) is 21.0 Å². The van der Waals surface area contributed by atoms with Gasteiger partial charge in [0.15, 0.2) is 5.78 Å². The molecule has 4 heterocycles. The first-order chi connectivity index (χ1) is 67.4. The minimum Gasteiger partial charge on any atom is -0.480 e. The van der Waals surface area contributed by atoms with Gasteiger partial charge < -0.3 is 69.5 Å². The maximum atomic E-state index is 14.8. The topological polar surface area (TPSA) is 348 Å². The molecule has 30 nitrogen and oxygen atoms in total. The molecule has 4 aromatic carbocycles. The summed E-state index contributed by atoms with van der Waals surface area (Å²) in [7, 11) is 17.1. The number of anilines is 2. The number of carbonyl (C=O) groups is 10. The molecule has 0 spiro atoms. The van der Waals surface area contributed by atoms with Crippen molar-refractivity contribution in [1.82, 2.24) is 50.0 Å². The summed E-state index contributed by atoms with van der Waals surface area (Å²) in [5.74, 6) is -3.31. The number of aromatic nitrogens is 2. The van der Waals surface area contributed by atoms with Crippen LogP contribution in [0.3, 0.4) is 0 Å². The number of likely N-dealkylation sites (tertiary alicyclic amines) is 2. The molecule has 0 bridgehead atoms. The summed E-state index contributed by atoms with van der Waals surface area (Å²) >= 11 is 3.02. The lowest BCUT2D eigenvalue weighted by molar-refractivity contribution is -0.149. The molecule has 6 aromatic rings. The number of ether oxygens (including phenoxy) is 6. The van der Waals surface area contributed by atoms with E-state index < -0.39 is 95.7 Å². The maximum absolute atomic E-state index is 14.8. The molecule has 8 amide bonds. The highest BCUT2D eigenvalue weighted by atomic mass is 32.1. The number of benzene rings is 4. The van der Waals surface area contributed by atoms with Crippen molar-refractivity contribution >= 4 is 93.4 Å². The maximum Gasteiger partial charge on any atom is 0.414 e. The molecule has 2 fully saturated rings. The molecule has 0 unspecified atom stereocenters. The van der Waals surface area contributed by atoms with Crippen LogP contribution in [0.2, 0.25) is 0 Å². The van der Waals surface area contributed by atoms with Crippen molar-refractivity contribution in [2.75, 3.05) is 107 Å². The van der Waals surface area contributed by atoms with E-state index in [1.807, 2.05) is 260 Å². The number of thiazole rings is 2. The summed E-state index contributed by atoms with van der Waals surface area (Å²) < 4.78 is 35.0. The van der Waals surface area contributed by atoms with Crippen molar-refractivity contribution in [3.8, 4) is 0 Å². The zero-order valence-corrected chi connectivity index (χ0v) is 92.9. The summed E-state index contributed by atoms with van der Waals surface area (Å²) in [6.07, 6.45) is 7.88. The number of carbonyl (C=O) groups excluding carboxylic acids is 9. The Bertz CT molecular complexity index is 4850. The summed E-state index contributed by atoms with van der Waals surface area (Å²) in [6.45, 7) is 41.1. The van der Waals surface area contributed by atoms with E-state index in [4.69, 9.17) is 34.2 Å². The van der Waals surface area contributed by atoms with Crippen LogP contribution in [0.5, 0.6) is 0 Å². The minimum absolute atomic E-state index is 0. The first-order valence-electron chi connectivity index (χ1n) is 51.1. The first-order valence-corrected chi connectivity index (χ1v) is 52.9. The summed E-state index contributed by atoms with van der Waals surface area (Å²) in [6, 6.07) is 32.0. The predicted octanol–water partition coefficient (Wildman–Crippen LogP) is 18.0. The fourth-order valence-electron chi connectivity index (χ4n) is 19.5. The predicted molar refractivity (Wildman–Crippen MR) is 576 cm³/mol. The van der Waals surface area contributed by atoms with E-state index in [-0.39, 0.29) is 134 Å². The zero-order valence-electron chi connectivity index (χ0n) is 91.3. The molecule has 804 valence electrons. The molecule has 0 saturated carbocycles. The number of nitrogens with two attached hydrogens (primary N) is 1. The second-order valence-electron chi connectivity index (χ2n) is 42.3. The molecular weight excluding hydrogens is 1860 g/mol. The van der Waals surface area contributed by atoms with Crippen molar-refractivity contribution in [2.24, 2.45) is 59.0 Å². The average Bonchev–Trinajstić information content (AvgIpc) is 1.72. The molecule has 18 atom stereocenters. The van der Waals surface area contributed by atoms with Gasteiger partial charge in [0.1, 0.15) is 27.3 Å². The van der Waals surface area contributed by atoms with Gasteiger partial charge in [-0.25, -0.2) is 19.6 Å². The highest BCUT2D eigenvalue weighted by Gasteiger charge is 2.47. The summed E-state index contributed by atoms with van der Waals surface area (Å²) in [5.41, 5.74) is 10.9. The van der Waals surface area contributed by atoms with Crippen molar-refractivity contribution in [1.29, 1.82) is 0 Å². The monoisotopic (exact) mass is 2040 g/mol. The van der Waals surface area contributed by atoms with Crippen molar-refractivity contribution < 1.29 is 81.5 Å². The number of methoxy groups -OCH3 is 4. The SMILES string of the molecule is C.CC(C)[C@@H](C(=O)O)N(C)CCc1ccc(N(C)C(=O)OC(C)(C)C)cc1.CC[C@H](C)[C@@H]([C@@H](CC(=O)N1CCC[C@H]1[C@H](OC)[C@@H](C)C(=O)N[C@@H](Cc1ccccc1)c1nccs1)OC)N(C)C(=O)[C@@H](CC(=O)[C@H](C(C)C)N(C)CCc1ccc(N(C)C(=O)OC(C)(C)C)cc1)C(C)C.CC[C@H](C)[C@@H]([C@@H](CC(=O)N1CCC[C@H]1[C@H](OC)[C@@H](C)C(=O)N[C@@H](Cc1ccccc1)c1nccs1)OC)N(C)C(=O)[C@@H](N)C(C)C. The molecule has 8 rings (SSSR count). The number of nitrogens with zero attached hydrogens (tertiary/aromatic N) is 10. The van der Waals surface area contributed by atoms with Crippen LogP contribution < -0.4 is 26.2 Å². The number of Topliss-reactive ketones (excluding diaryl/α,β-unsaturated/α-hetero) is 1. The Balaban J connectivity index is 0.000000425. The van der Waals surface area contributed by atoms with Crippen molar-refractivity contribution in [3.05, 3.63) is 165 Å². The lowest BCUT2D eigenvalue weighted by Crippen LogP contribution is -2.56. The number of carboxylic acids is 1. The number of carboxylic acid groups (broad SMARTS) is 1. The lowest BCUT2D eigenvalue weighted by Gasteiger charge is -2.41. The van der Waals surface area contributed by atoms with E-state index in [1.54, 1.807) is 78.8 Å². The highest BCUT2D eigenvalue weighted by molar-refractivity contribution is 7.09.